The number of nitrogens with zero attached hydrogens (tertiary/aromatic N) is 1. The van der Waals surface area contributed by atoms with Crippen molar-refractivity contribution in [2.24, 2.45) is 11.8 Å². The summed E-state index contributed by atoms with van der Waals surface area (Å²) in [6.45, 7) is 4.16. The van der Waals surface area contributed by atoms with Crippen molar-refractivity contribution < 1.29 is 9.53 Å². The van der Waals surface area contributed by atoms with Crippen LogP contribution in [-0.2, 0) is 11.2 Å². The van der Waals surface area contributed by atoms with Crippen LogP contribution in [0.5, 0.6) is 5.75 Å². The van der Waals surface area contributed by atoms with Crippen LogP contribution in [0.15, 0.2) is 24.3 Å². The zero-order chi connectivity index (χ0) is 18.2. The molecule has 2 saturated heterocycles. The molecule has 1 aromatic carbocycles. The van der Waals surface area contributed by atoms with E-state index in [2.05, 4.69) is 22.3 Å². The molecule has 2 heterocycles. The first kappa shape index (κ1) is 22.0. The number of benzene rings is 1. The van der Waals surface area contributed by atoms with E-state index in [1.54, 1.807) is 7.11 Å². The Morgan fingerprint density at radius 2 is 1.67 bits per heavy atom. The summed E-state index contributed by atoms with van der Waals surface area (Å²) in [7, 11) is 1.70. The number of carbonyl (C=O) groups is 1. The van der Waals surface area contributed by atoms with Crippen LogP contribution in [-0.4, -0.2) is 44.1 Å². The molecular weight excluding hydrogens is 360 g/mol. The smallest absolute Gasteiger partial charge is 0.222 e. The van der Waals surface area contributed by atoms with Gasteiger partial charge in [-0.2, -0.15) is 0 Å². The Bertz CT molecular complexity index is 550. The Hall–Kier alpha value is -1.26. The fourth-order valence-electron chi connectivity index (χ4n) is 4.29. The zero-order valence-electron chi connectivity index (χ0n) is 16.6. The molecule has 1 aromatic rings. The highest BCUT2D eigenvalue weighted by molar-refractivity contribution is 5.85. The normalized spacial score (nSPS) is 18.8. The van der Waals surface area contributed by atoms with E-state index >= 15 is 0 Å². The van der Waals surface area contributed by atoms with Gasteiger partial charge in [0.2, 0.25) is 5.91 Å². The van der Waals surface area contributed by atoms with Crippen molar-refractivity contribution in [1.29, 1.82) is 0 Å². The van der Waals surface area contributed by atoms with Gasteiger partial charge in [-0.25, -0.2) is 0 Å². The van der Waals surface area contributed by atoms with Gasteiger partial charge in [-0.15, -0.1) is 12.4 Å². The van der Waals surface area contributed by atoms with E-state index < -0.39 is 0 Å². The Morgan fingerprint density at radius 3 is 2.30 bits per heavy atom. The fourth-order valence-corrected chi connectivity index (χ4v) is 4.29. The van der Waals surface area contributed by atoms with Gasteiger partial charge in [0.1, 0.15) is 5.75 Å². The summed E-state index contributed by atoms with van der Waals surface area (Å²) in [5, 5.41) is 3.40. The number of nitrogens with one attached hydrogen (secondary N) is 1. The van der Waals surface area contributed by atoms with Gasteiger partial charge in [0, 0.05) is 19.5 Å². The van der Waals surface area contributed by atoms with Crippen molar-refractivity contribution >= 4 is 18.3 Å². The van der Waals surface area contributed by atoms with E-state index in [9.17, 15) is 4.79 Å². The predicted octanol–water partition coefficient (Wildman–Crippen LogP) is 4.07. The van der Waals surface area contributed by atoms with Gasteiger partial charge in [-0.1, -0.05) is 12.1 Å². The first-order chi connectivity index (χ1) is 12.7. The van der Waals surface area contributed by atoms with Crippen LogP contribution >= 0.6 is 12.4 Å². The number of methoxy groups -OCH3 is 1. The van der Waals surface area contributed by atoms with Gasteiger partial charge in [0.05, 0.1) is 7.11 Å². The maximum absolute atomic E-state index is 12.5. The molecule has 0 radical (unpaired) electrons. The minimum atomic E-state index is 0. The minimum Gasteiger partial charge on any atom is -0.497 e. The Labute approximate surface area is 170 Å². The second kappa shape index (κ2) is 11.6. The zero-order valence-corrected chi connectivity index (χ0v) is 17.4. The van der Waals surface area contributed by atoms with Gasteiger partial charge in [-0.05, 0) is 87.6 Å². The summed E-state index contributed by atoms with van der Waals surface area (Å²) >= 11 is 0. The molecule has 0 saturated carbocycles. The molecule has 2 aliphatic heterocycles. The lowest BCUT2D eigenvalue weighted by Crippen LogP contribution is -2.39. The van der Waals surface area contributed by atoms with Crippen LogP contribution in [0.25, 0.3) is 0 Å². The Balaban J connectivity index is 0.00000261. The standard InChI is InChI=1S/C22H34N2O2.ClH/c1-26-21-7-4-18(5-8-21)2-3-20-12-16-24(17-13-20)22(25)9-6-19-10-14-23-15-11-19;/h4-5,7-8,19-20,23H,2-3,6,9-17H2,1H3;1H. The number of likely N-dealkylation sites (tertiary alicyclic amines) is 1. The summed E-state index contributed by atoms with van der Waals surface area (Å²) in [5.41, 5.74) is 1.38. The van der Waals surface area contributed by atoms with Crippen LogP contribution in [0.4, 0.5) is 0 Å². The van der Waals surface area contributed by atoms with Crippen LogP contribution in [0, 0.1) is 11.8 Å². The average molecular weight is 395 g/mol. The average Bonchev–Trinajstić information content (AvgIpc) is 2.72. The number of amides is 1. The SMILES string of the molecule is COc1ccc(CCC2CCN(C(=O)CCC3CCNCC3)CC2)cc1.Cl. The molecule has 1 amide bonds. The highest BCUT2D eigenvalue weighted by atomic mass is 35.5. The van der Waals surface area contributed by atoms with Crippen molar-refractivity contribution in [3.63, 3.8) is 0 Å². The van der Waals surface area contributed by atoms with Crippen molar-refractivity contribution in [2.75, 3.05) is 33.3 Å². The third-order valence-corrected chi connectivity index (χ3v) is 6.19. The number of hydrogen-bond acceptors (Lipinski definition) is 3. The van der Waals surface area contributed by atoms with Gasteiger partial charge >= 0.3 is 0 Å². The summed E-state index contributed by atoms with van der Waals surface area (Å²) in [4.78, 5) is 14.6. The molecule has 2 aliphatic rings. The third-order valence-electron chi connectivity index (χ3n) is 6.19. The molecule has 0 unspecified atom stereocenters. The number of halogens is 1. The summed E-state index contributed by atoms with van der Waals surface area (Å²) in [5.74, 6) is 2.81. The quantitative estimate of drug-likeness (QED) is 0.757. The molecule has 0 aromatic heterocycles. The fraction of sp³-hybridized carbons (Fsp3) is 0.682. The second-order valence-corrected chi connectivity index (χ2v) is 7.94. The minimum absolute atomic E-state index is 0. The van der Waals surface area contributed by atoms with Crippen LogP contribution in [0.3, 0.4) is 0 Å². The summed E-state index contributed by atoms with van der Waals surface area (Å²) in [6.07, 6.45) is 8.98. The number of rotatable bonds is 7. The van der Waals surface area contributed by atoms with E-state index in [1.165, 1.54) is 24.8 Å². The van der Waals surface area contributed by atoms with Crippen LogP contribution in [0.1, 0.15) is 50.5 Å². The molecule has 1 N–H and O–H groups in total. The van der Waals surface area contributed by atoms with E-state index in [0.29, 0.717) is 5.91 Å². The number of ether oxygens (including phenoxy) is 1. The van der Waals surface area contributed by atoms with E-state index in [0.717, 1.165) is 75.9 Å². The number of aryl methyl sites for hydroxylation is 1. The molecule has 0 atom stereocenters. The maximum Gasteiger partial charge on any atom is 0.222 e. The van der Waals surface area contributed by atoms with E-state index in [1.807, 2.05) is 12.1 Å². The van der Waals surface area contributed by atoms with Crippen molar-refractivity contribution in [1.82, 2.24) is 10.2 Å². The number of piperidine rings is 2. The van der Waals surface area contributed by atoms with Crippen molar-refractivity contribution in [2.45, 2.75) is 51.4 Å². The summed E-state index contributed by atoms with van der Waals surface area (Å²) in [6, 6.07) is 8.41. The van der Waals surface area contributed by atoms with Crippen LogP contribution in [0.2, 0.25) is 0 Å². The molecule has 0 spiro atoms. The lowest BCUT2D eigenvalue weighted by Gasteiger charge is -2.32. The lowest BCUT2D eigenvalue weighted by atomic mass is 9.89. The molecule has 4 nitrogen and oxygen atoms in total. The topological polar surface area (TPSA) is 41.6 Å². The number of hydrogen-bond donors (Lipinski definition) is 1. The monoisotopic (exact) mass is 394 g/mol. The van der Waals surface area contributed by atoms with Crippen molar-refractivity contribution in [3.8, 4) is 5.75 Å². The highest BCUT2D eigenvalue weighted by Gasteiger charge is 2.23. The van der Waals surface area contributed by atoms with Gasteiger partial charge < -0.3 is 15.0 Å². The third kappa shape index (κ3) is 7.00. The van der Waals surface area contributed by atoms with Crippen LogP contribution < -0.4 is 10.1 Å². The first-order valence-electron chi connectivity index (χ1n) is 10.4. The molecule has 0 bridgehead atoms. The van der Waals surface area contributed by atoms with Gasteiger partial charge in [0.25, 0.3) is 0 Å². The molecule has 0 aliphatic carbocycles. The lowest BCUT2D eigenvalue weighted by molar-refractivity contribution is -0.133. The van der Waals surface area contributed by atoms with Gasteiger partial charge in [-0.3, -0.25) is 4.79 Å². The predicted molar refractivity (Wildman–Crippen MR) is 113 cm³/mol. The maximum atomic E-state index is 12.5. The van der Waals surface area contributed by atoms with E-state index in [-0.39, 0.29) is 12.4 Å². The van der Waals surface area contributed by atoms with Crippen molar-refractivity contribution in [3.05, 3.63) is 29.8 Å². The Kier molecular flexibility index (Phi) is 9.43. The molecule has 27 heavy (non-hydrogen) atoms. The molecule has 152 valence electrons. The van der Waals surface area contributed by atoms with E-state index in [4.69, 9.17) is 4.74 Å². The molecular formula is C22H35ClN2O2. The number of carbonyl (C=O) groups excluding carboxylic acids is 1. The van der Waals surface area contributed by atoms with Gasteiger partial charge in [0.15, 0.2) is 0 Å². The largest absolute Gasteiger partial charge is 0.497 e. The highest BCUT2D eigenvalue weighted by Crippen LogP contribution is 2.25. The summed E-state index contributed by atoms with van der Waals surface area (Å²) < 4.78 is 5.22. The molecule has 2 fully saturated rings. The molecule has 3 rings (SSSR count). The Morgan fingerprint density at radius 1 is 1.04 bits per heavy atom. The second-order valence-electron chi connectivity index (χ2n) is 7.94. The first-order valence-corrected chi connectivity index (χ1v) is 10.4. The molecule has 5 heteroatoms.